The third-order valence-corrected chi connectivity index (χ3v) is 5.59. The first-order chi connectivity index (χ1) is 14.6. The summed E-state index contributed by atoms with van der Waals surface area (Å²) in [7, 11) is 0. The zero-order chi connectivity index (χ0) is 21.3. The van der Waals surface area contributed by atoms with Gasteiger partial charge in [0.2, 0.25) is 5.91 Å². The number of nitrogens with zero attached hydrogens (tertiary/aromatic N) is 3. The molecule has 0 unspecified atom stereocenters. The summed E-state index contributed by atoms with van der Waals surface area (Å²) in [5.41, 5.74) is 2.40. The van der Waals surface area contributed by atoms with E-state index in [2.05, 4.69) is 17.2 Å². The summed E-state index contributed by atoms with van der Waals surface area (Å²) >= 11 is 1.21. The summed E-state index contributed by atoms with van der Waals surface area (Å²) < 4.78 is 1.57. The fourth-order valence-corrected chi connectivity index (χ4v) is 3.91. The Morgan fingerprint density at radius 1 is 1.20 bits per heavy atom. The molecule has 2 aromatic carbocycles. The van der Waals surface area contributed by atoms with Gasteiger partial charge in [0.05, 0.1) is 34.8 Å². The lowest BCUT2D eigenvalue weighted by molar-refractivity contribution is -0.118. The second-order valence-corrected chi connectivity index (χ2v) is 7.81. The van der Waals surface area contributed by atoms with Crippen LogP contribution in [0, 0.1) is 11.3 Å². The molecular formula is C23H24N4O2S. The van der Waals surface area contributed by atoms with Crippen molar-refractivity contribution in [2.75, 3.05) is 12.3 Å². The number of aromatic nitrogens is 2. The lowest BCUT2D eigenvalue weighted by Gasteiger charge is -2.13. The lowest BCUT2D eigenvalue weighted by Crippen LogP contribution is -2.27. The maximum absolute atomic E-state index is 13.2. The highest BCUT2D eigenvalue weighted by Crippen LogP contribution is 2.22. The molecule has 30 heavy (non-hydrogen) atoms. The molecule has 0 atom stereocenters. The molecule has 0 fully saturated rings. The predicted octanol–water partition coefficient (Wildman–Crippen LogP) is 3.85. The Hall–Kier alpha value is -3.11. The molecule has 6 nitrogen and oxygen atoms in total. The summed E-state index contributed by atoms with van der Waals surface area (Å²) in [4.78, 5) is 30.0. The minimum Gasteiger partial charge on any atom is -0.354 e. The fourth-order valence-electron chi connectivity index (χ4n) is 3.07. The number of aryl methyl sites for hydroxylation is 1. The van der Waals surface area contributed by atoms with Crippen molar-refractivity contribution in [2.45, 2.75) is 37.8 Å². The van der Waals surface area contributed by atoms with Gasteiger partial charge in [-0.25, -0.2) is 4.98 Å². The van der Waals surface area contributed by atoms with Crippen molar-refractivity contribution in [2.24, 2.45) is 0 Å². The molecule has 154 valence electrons. The van der Waals surface area contributed by atoms with Gasteiger partial charge in [0.15, 0.2) is 5.16 Å². The number of fused-ring (bicyclic) bond motifs is 1. The normalized spacial score (nSPS) is 10.7. The van der Waals surface area contributed by atoms with Crippen LogP contribution in [0.2, 0.25) is 0 Å². The highest BCUT2D eigenvalue weighted by atomic mass is 32.2. The molecule has 1 N–H and O–H groups in total. The summed E-state index contributed by atoms with van der Waals surface area (Å²) in [6.07, 6.45) is 3.53. The molecule has 0 aliphatic heterocycles. The zero-order valence-corrected chi connectivity index (χ0v) is 17.7. The first-order valence-corrected chi connectivity index (χ1v) is 11.0. The topological polar surface area (TPSA) is 87.8 Å². The molecule has 1 heterocycles. The third-order valence-electron chi connectivity index (χ3n) is 4.65. The van der Waals surface area contributed by atoms with Gasteiger partial charge in [0.25, 0.3) is 5.56 Å². The number of amides is 1. The SMILES string of the molecule is CCCCc1ccc(-n2c(SCC(=O)NCCC#N)nc3ccccc3c2=O)cc1. The number of benzene rings is 2. The van der Waals surface area contributed by atoms with Gasteiger partial charge >= 0.3 is 0 Å². The van der Waals surface area contributed by atoms with Crippen molar-refractivity contribution in [1.82, 2.24) is 14.9 Å². The lowest BCUT2D eigenvalue weighted by atomic mass is 10.1. The summed E-state index contributed by atoms with van der Waals surface area (Å²) in [5.74, 6) is -0.0794. The Labute approximate surface area is 179 Å². The average molecular weight is 421 g/mol. The second-order valence-electron chi connectivity index (χ2n) is 6.87. The van der Waals surface area contributed by atoms with Crippen LogP contribution >= 0.6 is 11.8 Å². The minimum atomic E-state index is -0.195. The van der Waals surface area contributed by atoms with Gasteiger partial charge in [-0.1, -0.05) is 49.4 Å². The zero-order valence-electron chi connectivity index (χ0n) is 16.9. The maximum Gasteiger partial charge on any atom is 0.266 e. The van der Waals surface area contributed by atoms with E-state index >= 15 is 0 Å². The fraction of sp³-hybridized carbons (Fsp3) is 0.304. The van der Waals surface area contributed by atoms with Crippen molar-refractivity contribution < 1.29 is 4.79 Å². The molecule has 1 aromatic heterocycles. The largest absolute Gasteiger partial charge is 0.354 e. The van der Waals surface area contributed by atoms with Crippen LogP contribution in [0.15, 0.2) is 58.5 Å². The molecule has 0 spiro atoms. The number of para-hydroxylation sites is 1. The number of unbranched alkanes of at least 4 members (excludes halogenated alkanes) is 1. The van der Waals surface area contributed by atoms with E-state index in [1.54, 1.807) is 16.7 Å². The van der Waals surface area contributed by atoms with Crippen molar-refractivity contribution >= 4 is 28.6 Å². The molecule has 0 bridgehead atoms. The van der Waals surface area contributed by atoms with Crippen molar-refractivity contribution in [3.05, 3.63) is 64.4 Å². The van der Waals surface area contributed by atoms with Gasteiger partial charge in [0.1, 0.15) is 0 Å². The Morgan fingerprint density at radius 3 is 2.70 bits per heavy atom. The van der Waals surface area contributed by atoms with Crippen molar-refractivity contribution in [1.29, 1.82) is 5.26 Å². The van der Waals surface area contributed by atoms with E-state index in [0.29, 0.717) is 22.6 Å². The number of hydrogen-bond acceptors (Lipinski definition) is 5. The number of hydrogen-bond donors (Lipinski definition) is 1. The molecule has 0 saturated carbocycles. The summed E-state index contributed by atoms with van der Waals surface area (Å²) in [5, 5.41) is 12.3. The van der Waals surface area contributed by atoms with Crippen LogP contribution in [0.1, 0.15) is 31.7 Å². The van der Waals surface area contributed by atoms with E-state index in [4.69, 9.17) is 5.26 Å². The first-order valence-electron chi connectivity index (χ1n) is 10.0. The van der Waals surface area contributed by atoms with Crippen LogP contribution < -0.4 is 10.9 Å². The van der Waals surface area contributed by atoms with Crippen LogP contribution in [0.4, 0.5) is 0 Å². The molecule has 7 heteroatoms. The monoisotopic (exact) mass is 420 g/mol. The first kappa shape index (κ1) is 21.6. The molecule has 0 aliphatic carbocycles. The smallest absolute Gasteiger partial charge is 0.266 e. The van der Waals surface area contributed by atoms with E-state index in [1.165, 1.54) is 17.3 Å². The standard InChI is InChI=1S/C23H24N4O2S/c1-2-3-7-17-10-12-18(13-11-17)27-22(29)19-8-4-5-9-20(19)26-23(27)30-16-21(28)25-15-6-14-24/h4-5,8-13H,2-3,6-7,15-16H2,1H3,(H,25,28). The van der Waals surface area contributed by atoms with Gasteiger partial charge in [-0.05, 0) is 42.7 Å². The van der Waals surface area contributed by atoms with Gasteiger partial charge in [-0.3, -0.25) is 14.2 Å². The Bertz CT molecular complexity index is 1120. The molecule has 0 saturated heterocycles. The van der Waals surface area contributed by atoms with E-state index in [9.17, 15) is 9.59 Å². The molecule has 1 amide bonds. The number of nitriles is 1. The number of thioether (sulfide) groups is 1. The van der Waals surface area contributed by atoms with E-state index in [-0.39, 0.29) is 23.6 Å². The van der Waals surface area contributed by atoms with E-state index in [0.717, 1.165) is 24.9 Å². The number of carbonyl (C=O) groups is 1. The highest BCUT2D eigenvalue weighted by Gasteiger charge is 2.14. The minimum absolute atomic E-state index is 0.116. The Kier molecular flexibility index (Phi) is 7.63. The molecule has 0 radical (unpaired) electrons. The Balaban J connectivity index is 1.94. The quantitative estimate of drug-likeness (QED) is 0.323. The van der Waals surface area contributed by atoms with Crippen LogP contribution in [0.25, 0.3) is 16.6 Å². The van der Waals surface area contributed by atoms with Crippen LogP contribution in [-0.2, 0) is 11.2 Å². The van der Waals surface area contributed by atoms with Crippen molar-refractivity contribution in [3.63, 3.8) is 0 Å². The summed E-state index contributed by atoms with van der Waals surface area (Å²) in [6.45, 7) is 2.47. The number of nitrogens with one attached hydrogen (secondary N) is 1. The molecular weight excluding hydrogens is 396 g/mol. The van der Waals surface area contributed by atoms with E-state index in [1.807, 2.05) is 42.5 Å². The van der Waals surface area contributed by atoms with E-state index < -0.39 is 0 Å². The third kappa shape index (κ3) is 5.28. The average Bonchev–Trinajstić information content (AvgIpc) is 2.77. The van der Waals surface area contributed by atoms with Gasteiger partial charge in [0, 0.05) is 6.54 Å². The molecule has 0 aliphatic rings. The molecule has 3 rings (SSSR count). The van der Waals surface area contributed by atoms with Gasteiger partial charge in [-0.2, -0.15) is 5.26 Å². The van der Waals surface area contributed by atoms with Crippen molar-refractivity contribution in [3.8, 4) is 11.8 Å². The molecule has 3 aromatic rings. The van der Waals surface area contributed by atoms with Crippen LogP contribution in [-0.4, -0.2) is 27.8 Å². The second kappa shape index (κ2) is 10.6. The number of rotatable bonds is 9. The van der Waals surface area contributed by atoms with Crippen LogP contribution in [0.5, 0.6) is 0 Å². The number of carbonyl (C=O) groups excluding carboxylic acids is 1. The summed E-state index contributed by atoms with van der Waals surface area (Å²) in [6, 6.07) is 17.1. The highest BCUT2D eigenvalue weighted by molar-refractivity contribution is 7.99. The Morgan fingerprint density at radius 2 is 1.97 bits per heavy atom. The van der Waals surface area contributed by atoms with Gasteiger partial charge in [-0.15, -0.1) is 0 Å². The predicted molar refractivity (Wildman–Crippen MR) is 120 cm³/mol. The van der Waals surface area contributed by atoms with Crippen LogP contribution in [0.3, 0.4) is 0 Å². The maximum atomic E-state index is 13.2. The van der Waals surface area contributed by atoms with Gasteiger partial charge < -0.3 is 5.32 Å².